The lowest BCUT2D eigenvalue weighted by Crippen LogP contribution is -2.33. The van der Waals surface area contributed by atoms with Crippen molar-refractivity contribution in [2.24, 2.45) is 4.99 Å². The van der Waals surface area contributed by atoms with Crippen LogP contribution in [-0.4, -0.2) is 27.5 Å². The summed E-state index contributed by atoms with van der Waals surface area (Å²) in [5.41, 5.74) is 3.09. The van der Waals surface area contributed by atoms with Crippen LogP contribution in [0.15, 0.2) is 86.2 Å². The highest BCUT2D eigenvalue weighted by Crippen LogP contribution is 2.46. The Morgan fingerprint density at radius 1 is 1.03 bits per heavy atom. The van der Waals surface area contributed by atoms with Crippen LogP contribution in [0.5, 0.6) is 11.6 Å². The van der Waals surface area contributed by atoms with E-state index in [0.717, 1.165) is 31.9 Å². The topological polar surface area (TPSA) is 96.7 Å². The molecule has 1 unspecified atom stereocenters. The molecule has 5 rings (SSSR count). The zero-order valence-electron chi connectivity index (χ0n) is 20.1. The smallest absolute Gasteiger partial charge is 0.335 e. The van der Waals surface area contributed by atoms with Gasteiger partial charge in [-0.3, -0.25) is 14.8 Å². The summed E-state index contributed by atoms with van der Waals surface area (Å²) >= 11 is 1.64. The number of hydrogen-bond acceptors (Lipinski definition) is 6. The number of H-pyrrole nitrogens is 1. The van der Waals surface area contributed by atoms with Gasteiger partial charge in [-0.25, -0.2) is 9.36 Å². The summed E-state index contributed by atoms with van der Waals surface area (Å²) in [4.78, 5) is 34.1. The Hall–Kier alpha value is -4.04. The molecule has 182 valence electrons. The van der Waals surface area contributed by atoms with E-state index < -0.39 is 17.1 Å². The average Bonchev–Trinajstić information content (AvgIpc) is 3.03. The third kappa shape index (κ3) is 4.47. The minimum atomic E-state index is -0.707. The molecule has 2 heterocycles. The van der Waals surface area contributed by atoms with Crippen molar-refractivity contribution in [3.63, 3.8) is 0 Å². The van der Waals surface area contributed by atoms with Gasteiger partial charge in [0.15, 0.2) is 0 Å². The molecule has 1 atom stereocenters. The van der Waals surface area contributed by atoms with Crippen molar-refractivity contribution in [3.8, 4) is 17.3 Å². The monoisotopic (exact) mass is 499 g/mol. The summed E-state index contributed by atoms with van der Waals surface area (Å²) in [7, 11) is 1.62. The van der Waals surface area contributed by atoms with Crippen LogP contribution in [-0.2, 0) is 0 Å². The second kappa shape index (κ2) is 9.54. The molecule has 0 amide bonds. The number of hydrogen-bond donors (Lipinski definition) is 2. The number of rotatable bonds is 4. The van der Waals surface area contributed by atoms with Crippen LogP contribution in [0.25, 0.3) is 5.69 Å². The number of aromatic nitrogens is 2. The highest BCUT2D eigenvalue weighted by molar-refractivity contribution is 7.99. The molecule has 1 aliphatic heterocycles. The van der Waals surface area contributed by atoms with Gasteiger partial charge >= 0.3 is 5.69 Å². The quantitative estimate of drug-likeness (QED) is 0.402. The molecule has 0 saturated carbocycles. The van der Waals surface area contributed by atoms with Gasteiger partial charge in [0.2, 0.25) is 5.88 Å². The summed E-state index contributed by atoms with van der Waals surface area (Å²) in [6, 6.07) is 21.0. The Bertz CT molecular complexity index is 1580. The predicted octanol–water partition coefficient (Wildman–Crippen LogP) is 5.21. The second-order valence-corrected chi connectivity index (χ2v) is 9.99. The molecule has 36 heavy (non-hydrogen) atoms. The maximum Gasteiger partial charge on any atom is 0.335 e. The van der Waals surface area contributed by atoms with E-state index in [4.69, 9.17) is 9.73 Å². The number of para-hydroxylation sites is 1. The Morgan fingerprint density at radius 3 is 2.42 bits per heavy atom. The molecule has 1 aromatic heterocycles. The average molecular weight is 500 g/mol. The predicted molar refractivity (Wildman–Crippen MR) is 143 cm³/mol. The molecule has 7 nitrogen and oxygen atoms in total. The lowest BCUT2D eigenvalue weighted by molar-refractivity contribution is 0.414. The Kier molecular flexibility index (Phi) is 6.28. The first-order chi connectivity index (χ1) is 17.3. The minimum absolute atomic E-state index is 0.00965. The van der Waals surface area contributed by atoms with Gasteiger partial charge in [-0.1, -0.05) is 30.3 Å². The van der Waals surface area contributed by atoms with E-state index >= 15 is 0 Å². The van der Waals surface area contributed by atoms with E-state index in [1.165, 1.54) is 0 Å². The molecule has 0 fully saturated rings. The SMILES string of the molecule is COc1ccc(C2CC(c3c(O)n(-c4cc(C)cc(C)c4)c(=O)[nH]c3=O)=Nc3ccccc3S2)cc1. The molecule has 0 saturated heterocycles. The van der Waals surface area contributed by atoms with Crippen molar-refractivity contribution >= 4 is 23.2 Å². The van der Waals surface area contributed by atoms with Crippen molar-refractivity contribution in [3.05, 3.63) is 110 Å². The first kappa shape index (κ1) is 23.7. The van der Waals surface area contributed by atoms with Gasteiger partial charge in [-0.15, -0.1) is 11.8 Å². The molecule has 2 N–H and O–H groups in total. The lowest BCUT2D eigenvalue weighted by Gasteiger charge is -2.18. The fraction of sp³-hybridized carbons (Fsp3) is 0.179. The van der Waals surface area contributed by atoms with Crippen LogP contribution in [0.4, 0.5) is 5.69 Å². The molecule has 0 aliphatic carbocycles. The van der Waals surface area contributed by atoms with Crippen molar-refractivity contribution in [1.29, 1.82) is 0 Å². The fourth-order valence-corrected chi connectivity index (χ4v) is 5.71. The summed E-state index contributed by atoms with van der Waals surface area (Å²) in [6.07, 6.45) is 0.368. The van der Waals surface area contributed by atoms with E-state index in [0.29, 0.717) is 23.5 Å². The molecule has 3 aromatic carbocycles. The molecular weight excluding hydrogens is 474 g/mol. The maximum atomic E-state index is 13.1. The molecule has 8 heteroatoms. The van der Waals surface area contributed by atoms with Gasteiger partial charge in [-0.05, 0) is 66.9 Å². The van der Waals surface area contributed by atoms with Crippen LogP contribution in [0, 0.1) is 13.8 Å². The third-order valence-electron chi connectivity index (χ3n) is 6.10. The van der Waals surface area contributed by atoms with Crippen molar-refractivity contribution < 1.29 is 9.84 Å². The number of nitrogens with zero attached hydrogens (tertiary/aromatic N) is 2. The van der Waals surface area contributed by atoms with Crippen molar-refractivity contribution in [1.82, 2.24) is 9.55 Å². The number of aromatic hydroxyl groups is 1. The van der Waals surface area contributed by atoms with Gasteiger partial charge in [-0.2, -0.15) is 0 Å². The van der Waals surface area contributed by atoms with Gasteiger partial charge < -0.3 is 9.84 Å². The number of aryl methyl sites for hydroxylation is 2. The Balaban J connectivity index is 1.69. The molecule has 4 aromatic rings. The number of ether oxygens (including phenoxy) is 1. The van der Waals surface area contributed by atoms with Crippen molar-refractivity contribution in [2.75, 3.05) is 7.11 Å². The van der Waals surface area contributed by atoms with Gasteiger partial charge in [0.1, 0.15) is 11.3 Å². The van der Waals surface area contributed by atoms with Crippen LogP contribution in [0.2, 0.25) is 0 Å². The summed E-state index contributed by atoms with van der Waals surface area (Å²) in [5, 5.41) is 11.3. The summed E-state index contributed by atoms with van der Waals surface area (Å²) < 4.78 is 6.43. The van der Waals surface area contributed by atoms with Gasteiger partial charge in [0, 0.05) is 16.6 Å². The largest absolute Gasteiger partial charge is 0.497 e. The van der Waals surface area contributed by atoms with Crippen LogP contribution in [0.3, 0.4) is 0 Å². The zero-order chi connectivity index (χ0) is 25.4. The third-order valence-corrected chi connectivity index (χ3v) is 7.42. The standard InChI is InChI=1S/C28H25N3O4S/c1-16-12-17(2)14-19(13-16)31-27(33)25(26(32)30-28(31)34)22-15-24(18-8-10-20(35-3)11-9-18)36-23-7-5-4-6-21(23)29-22/h4-14,24,33H,15H2,1-3H3,(H,30,32,34). The van der Waals surface area contributed by atoms with Crippen LogP contribution in [0.1, 0.15) is 33.9 Å². The zero-order valence-corrected chi connectivity index (χ0v) is 20.9. The molecule has 0 bridgehead atoms. The molecule has 0 radical (unpaired) electrons. The number of thioether (sulfide) groups is 1. The lowest BCUT2D eigenvalue weighted by atomic mass is 10.0. The maximum absolute atomic E-state index is 13.1. The van der Waals surface area contributed by atoms with E-state index in [-0.39, 0.29) is 10.8 Å². The number of aromatic amines is 1. The highest BCUT2D eigenvalue weighted by atomic mass is 32.2. The number of nitrogens with one attached hydrogen (secondary N) is 1. The van der Waals surface area contributed by atoms with Crippen molar-refractivity contribution in [2.45, 2.75) is 30.4 Å². The number of aliphatic imine (C=N–C) groups is 1. The van der Waals surface area contributed by atoms with Crippen LogP contribution >= 0.6 is 11.8 Å². The Labute approximate surface area is 212 Å². The van der Waals surface area contributed by atoms with Gasteiger partial charge in [0.25, 0.3) is 5.56 Å². The molecular formula is C28H25N3O4S. The first-order valence-corrected chi connectivity index (χ1v) is 12.4. The summed E-state index contributed by atoms with van der Waals surface area (Å²) in [6.45, 7) is 3.82. The van der Waals surface area contributed by atoms with E-state index in [9.17, 15) is 14.7 Å². The molecule has 1 aliphatic rings. The minimum Gasteiger partial charge on any atom is -0.497 e. The highest BCUT2D eigenvalue weighted by Gasteiger charge is 2.27. The summed E-state index contributed by atoms with van der Waals surface area (Å²) in [5.74, 6) is 0.326. The van der Waals surface area contributed by atoms with Gasteiger partial charge in [0.05, 0.1) is 24.2 Å². The number of benzene rings is 3. The molecule has 0 spiro atoms. The first-order valence-electron chi connectivity index (χ1n) is 11.5. The number of methoxy groups -OCH3 is 1. The van der Waals surface area contributed by atoms with E-state index in [1.54, 1.807) is 31.0 Å². The van der Waals surface area contributed by atoms with E-state index in [2.05, 4.69) is 4.98 Å². The fourth-order valence-electron chi connectivity index (χ4n) is 4.48. The normalized spacial score (nSPS) is 15.1. The number of fused-ring (bicyclic) bond motifs is 1. The Morgan fingerprint density at radius 2 is 1.72 bits per heavy atom. The van der Waals surface area contributed by atoms with Crippen LogP contribution < -0.4 is 16.0 Å². The van der Waals surface area contributed by atoms with E-state index in [1.807, 2.05) is 68.4 Å². The second-order valence-electron chi connectivity index (χ2n) is 8.75.